The highest BCUT2D eigenvalue weighted by atomic mass is 19.4. The highest BCUT2D eigenvalue weighted by Crippen LogP contribution is 2.21. The molecular weight excluding hydrogens is 219 g/mol. The number of alkyl halides is 3. The molecule has 0 radical (unpaired) electrons. The number of rotatable bonds is 2. The first-order chi connectivity index (χ1) is 7.49. The number of aromatic nitrogens is 3. The van der Waals surface area contributed by atoms with Crippen molar-refractivity contribution in [1.29, 1.82) is 0 Å². The van der Waals surface area contributed by atoms with Crippen LogP contribution in [0.15, 0.2) is 25.0 Å². The summed E-state index contributed by atoms with van der Waals surface area (Å²) in [4.78, 5) is 3.98. The van der Waals surface area contributed by atoms with Crippen molar-refractivity contribution in [3.05, 3.63) is 30.6 Å². The van der Waals surface area contributed by atoms with E-state index in [1.54, 1.807) is 6.07 Å². The van der Waals surface area contributed by atoms with E-state index in [1.165, 1.54) is 18.5 Å². The van der Waals surface area contributed by atoms with E-state index in [1.807, 2.05) is 0 Å². The molecule has 0 aromatic carbocycles. The molecule has 0 fully saturated rings. The van der Waals surface area contributed by atoms with E-state index < -0.39 is 12.7 Å². The van der Waals surface area contributed by atoms with Gasteiger partial charge < -0.3 is 0 Å². The van der Waals surface area contributed by atoms with E-state index in [9.17, 15) is 13.2 Å². The lowest BCUT2D eigenvalue weighted by Crippen LogP contribution is -2.18. The molecule has 2 heterocycles. The standard InChI is InChI=1S/C10H8F3N3/c1-2-7-3-9-8(14-4-7)5-15-16(9)6-10(11,12)13/h2-5H,1,6H2. The molecule has 0 aliphatic heterocycles. The lowest BCUT2D eigenvalue weighted by molar-refractivity contribution is -0.141. The summed E-state index contributed by atoms with van der Waals surface area (Å²) in [5.41, 5.74) is 1.46. The zero-order valence-corrected chi connectivity index (χ0v) is 8.20. The number of fused-ring (bicyclic) bond motifs is 1. The molecule has 2 aromatic rings. The first kappa shape index (κ1) is 10.7. The third kappa shape index (κ3) is 2.05. The summed E-state index contributed by atoms with van der Waals surface area (Å²) in [5.74, 6) is 0. The van der Waals surface area contributed by atoms with Crippen LogP contribution >= 0.6 is 0 Å². The van der Waals surface area contributed by atoms with E-state index >= 15 is 0 Å². The van der Waals surface area contributed by atoms with E-state index in [2.05, 4.69) is 16.7 Å². The Balaban J connectivity index is 2.50. The van der Waals surface area contributed by atoms with Crippen LogP contribution in [0.5, 0.6) is 0 Å². The minimum absolute atomic E-state index is 0.356. The minimum atomic E-state index is -4.29. The van der Waals surface area contributed by atoms with Crippen molar-refractivity contribution in [2.24, 2.45) is 0 Å². The monoisotopic (exact) mass is 227 g/mol. The van der Waals surface area contributed by atoms with Gasteiger partial charge in [-0.25, -0.2) is 0 Å². The molecule has 0 atom stereocenters. The summed E-state index contributed by atoms with van der Waals surface area (Å²) in [6, 6.07) is 1.58. The third-order valence-electron chi connectivity index (χ3n) is 2.08. The van der Waals surface area contributed by atoms with Crippen molar-refractivity contribution in [3.63, 3.8) is 0 Å². The van der Waals surface area contributed by atoms with E-state index in [0.29, 0.717) is 16.6 Å². The second-order valence-corrected chi connectivity index (χ2v) is 3.29. The smallest absolute Gasteiger partial charge is 0.254 e. The predicted octanol–water partition coefficient (Wildman–Crippen LogP) is 2.64. The zero-order valence-electron chi connectivity index (χ0n) is 8.20. The number of pyridine rings is 1. The van der Waals surface area contributed by atoms with Crippen molar-refractivity contribution in [2.45, 2.75) is 12.7 Å². The fourth-order valence-corrected chi connectivity index (χ4v) is 1.38. The second-order valence-electron chi connectivity index (χ2n) is 3.29. The Morgan fingerprint density at radius 2 is 2.12 bits per heavy atom. The van der Waals surface area contributed by atoms with Gasteiger partial charge in [0.2, 0.25) is 0 Å². The third-order valence-corrected chi connectivity index (χ3v) is 2.08. The van der Waals surface area contributed by atoms with Gasteiger partial charge in [-0.1, -0.05) is 12.7 Å². The van der Waals surface area contributed by atoms with Crippen LogP contribution in [0.3, 0.4) is 0 Å². The molecule has 0 bridgehead atoms. The highest BCUT2D eigenvalue weighted by molar-refractivity contribution is 5.76. The molecule has 0 saturated heterocycles. The Kier molecular flexibility index (Phi) is 2.41. The van der Waals surface area contributed by atoms with Crippen LogP contribution in [0.4, 0.5) is 13.2 Å². The molecule has 0 N–H and O–H groups in total. The number of halogens is 3. The van der Waals surface area contributed by atoms with Gasteiger partial charge in [0.1, 0.15) is 12.1 Å². The van der Waals surface area contributed by atoms with Crippen LogP contribution in [-0.2, 0) is 6.54 Å². The normalized spacial score (nSPS) is 11.9. The van der Waals surface area contributed by atoms with Gasteiger partial charge >= 0.3 is 6.18 Å². The maximum Gasteiger partial charge on any atom is 0.408 e. The summed E-state index contributed by atoms with van der Waals surface area (Å²) in [6.07, 6.45) is 0.0867. The Bertz CT molecular complexity index is 528. The number of hydrogen-bond donors (Lipinski definition) is 0. The van der Waals surface area contributed by atoms with Crippen LogP contribution in [0, 0.1) is 0 Å². The van der Waals surface area contributed by atoms with Crippen LogP contribution < -0.4 is 0 Å². The van der Waals surface area contributed by atoms with Crippen LogP contribution in [0.1, 0.15) is 5.56 Å². The SMILES string of the molecule is C=Cc1cnc2cnn(CC(F)(F)F)c2c1. The van der Waals surface area contributed by atoms with Gasteiger partial charge in [-0.3, -0.25) is 9.67 Å². The molecule has 0 spiro atoms. The fraction of sp³-hybridized carbons (Fsp3) is 0.200. The molecule has 0 unspecified atom stereocenters. The zero-order chi connectivity index (χ0) is 11.8. The topological polar surface area (TPSA) is 30.7 Å². The van der Waals surface area contributed by atoms with Crippen molar-refractivity contribution in [3.8, 4) is 0 Å². The lowest BCUT2D eigenvalue weighted by Gasteiger charge is -2.07. The van der Waals surface area contributed by atoms with Crippen molar-refractivity contribution >= 4 is 17.1 Å². The summed E-state index contributed by atoms with van der Waals surface area (Å²) in [5, 5.41) is 3.66. The molecule has 0 aliphatic carbocycles. The average molecular weight is 227 g/mol. The van der Waals surface area contributed by atoms with E-state index in [0.717, 1.165) is 4.68 Å². The summed E-state index contributed by atoms with van der Waals surface area (Å²) < 4.78 is 37.6. The lowest BCUT2D eigenvalue weighted by atomic mass is 10.2. The van der Waals surface area contributed by atoms with Crippen LogP contribution in [0.25, 0.3) is 17.1 Å². The Morgan fingerprint density at radius 1 is 1.38 bits per heavy atom. The van der Waals surface area contributed by atoms with Crippen molar-refractivity contribution in [1.82, 2.24) is 14.8 Å². The maximum absolute atomic E-state index is 12.2. The fourth-order valence-electron chi connectivity index (χ4n) is 1.38. The maximum atomic E-state index is 12.2. The van der Waals surface area contributed by atoms with Gasteiger partial charge in [-0.05, 0) is 11.6 Å². The Hall–Kier alpha value is -1.85. The quantitative estimate of drug-likeness (QED) is 0.789. The highest BCUT2D eigenvalue weighted by Gasteiger charge is 2.29. The Labute approximate surface area is 89.2 Å². The van der Waals surface area contributed by atoms with Gasteiger partial charge in [0, 0.05) is 6.20 Å². The number of hydrogen-bond acceptors (Lipinski definition) is 2. The molecule has 2 rings (SSSR count). The van der Waals surface area contributed by atoms with Gasteiger partial charge in [0.25, 0.3) is 0 Å². The minimum Gasteiger partial charge on any atom is -0.254 e. The molecule has 0 aliphatic rings. The van der Waals surface area contributed by atoms with Crippen molar-refractivity contribution < 1.29 is 13.2 Å². The first-order valence-electron chi connectivity index (χ1n) is 4.50. The van der Waals surface area contributed by atoms with Gasteiger partial charge in [0.15, 0.2) is 0 Å². The molecular formula is C10H8F3N3. The van der Waals surface area contributed by atoms with Crippen molar-refractivity contribution in [2.75, 3.05) is 0 Å². The first-order valence-corrected chi connectivity index (χ1v) is 4.50. The molecule has 16 heavy (non-hydrogen) atoms. The van der Waals surface area contributed by atoms with Crippen LogP contribution in [0.2, 0.25) is 0 Å². The van der Waals surface area contributed by atoms with Gasteiger partial charge in [0.05, 0.1) is 11.7 Å². The second kappa shape index (κ2) is 3.62. The van der Waals surface area contributed by atoms with Gasteiger partial charge in [-0.2, -0.15) is 18.3 Å². The van der Waals surface area contributed by atoms with E-state index in [-0.39, 0.29) is 0 Å². The average Bonchev–Trinajstić information content (AvgIpc) is 2.58. The summed E-state index contributed by atoms with van der Waals surface area (Å²) in [7, 11) is 0. The van der Waals surface area contributed by atoms with E-state index in [4.69, 9.17) is 0 Å². The molecule has 2 aromatic heterocycles. The largest absolute Gasteiger partial charge is 0.408 e. The summed E-state index contributed by atoms with van der Waals surface area (Å²) in [6.45, 7) is 2.42. The van der Waals surface area contributed by atoms with Gasteiger partial charge in [-0.15, -0.1) is 0 Å². The molecule has 6 heteroatoms. The van der Waals surface area contributed by atoms with Crippen LogP contribution in [-0.4, -0.2) is 20.9 Å². The molecule has 0 amide bonds. The number of nitrogens with zero attached hydrogens (tertiary/aromatic N) is 3. The predicted molar refractivity (Wildman–Crippen MR) is 53.7 cm³/mol. The molecule has 3 nitrogen and oxygen atoms in total. The molecule has 0 saturated carbocycles. The molecule has 84 valence electrons. The summed E-state index contributed by atoms with van der Waals surface area (Å²) >= 11 is 0. The Morgan fingerprint density at radius 3 is 2.75 bits per heavy atom.